The van der Waals surface area contributed by atoms with Crippen molar-refractivity contribution in [3.05, 3.63) is 0 Å². The highest BCUT2D eigenvalue weighted by molar-refractivity contribution is 6.06. The minimum atomic E-state index is -0.328. The van der Waals surface area contributed by atoms with Crippen molar-refractivity contribution in [3.8, 4) is 0 Å². The van der Waals surface area contributed by atoms with Gasteiger partial charge in [-0.15, -0.1) is 0 Å². The van der Waals surface area contributed by atoms with Gasteiger partial charge < -0.3 is 5.32 Å². The molecule has 0 aromatic rings. The maximum Gasteiger partial charge on any atom is 0.236 e. The second kappa shape index (κ2) is 5.47. The van der Waals surface area contributed by atoms with Crippen molar-refractivity contribution in [3.63, 3.8) is 0 Å². The molecule has 0 bridgehead atoms. The van der Waals surface area contributed by atoms with Crippen molar-refractivity contribution in [1.82, 2.24) is 10.2 Å². The number of amides is 2. The molecule has 2 atom stereocenters. The Labute approximate surface area is 121 Å². The molecular weight excluding hydrogens is 252 g/mol. The first-order chi connectivity index (χ1) is 9.64. The summed E-state index contributed by atoms with van der Waals surface area (Å²) in [7, 11) is 0. The van der Waals surface area contributed by atoms with Gasteiger partial charge in [-0.2, -0.15) is 0 Å². The molecular formula is C16H26N2O2. The average Bonchev–Trinajstić information content (AvgIpc) is 2.71. The van der Waals surface area contributed by atoms with E-state index >= 15 is 0 Å². The Bertz CT molecular complexity index is 395. The van der Waals surface area contributed by atoms with Gasteiger partial charge in [0.05, 0.1) is 5.41 Å². The van der Waals surface area contributed by atoms with Crippen LogP contribution in [0.5, 0.6) is 0 Å². The largest absolute Gasteiger partial charge is 0.316 e. The Morgan fingerprint density at radius 1 is 1.20 bits per heavy atom. The van der Waals surface area contributed by atoms with E-state index in [-0.39, 0.29) is 23.3 Å². The molecule has 4 heteroatoms. The summed E-state index contributed by atoms with van der Waals surface area (Å²) in [4.78, 5) is 26.9. The molecule has 1 aliphatic carbocycles. The lowest BCUT2D eigenvalue weighted by Crippen LogP contribution is -2.48. The van der Waals surface area contributed by atoms with Gasteiger partial charge in [-0.25, -0.2) is 0 Å². The van der Waals surface area contributed by atoms with E-state index in [4.69, 9.17) is 0 Å². The Kier molecular flexibility index (Phi) is 3.85. The third-order valence-electron chi connectivity index (χ3n) is 5.67. The number of piperidine rings is 1. The summed E-state index contributed by atoms with van der Waals surface area (Å²) in [5.41, 5.74) is -0.328. The number of likely N-dealkylation sites (tertiary alicyclic amines) is 1. The monoisotopic (exact) mass is 278 g/mol. The van der Waals surface area contributed by atoms with Crippen molar-refractivity contribution in [1.29, 1.82) is 0 Å². The van der Waals surface area contributed by atoms with Crippen LogP contribution in [-0.2, 0) is 9.59 Å². The topological polar surface area (TPSA) is 49.4 Å². The van der Waals surface area contributed by atoms with Gasteiger partial charge in [0.1, 0.15) is 0 Å². The average molecular weight is 278 g/mol. The molecule has 0 aromatic carbocycles. The lowest BCUT2D eigenvalue weighted by Gasteiger charge is -2.36. The zero-order chi connectivity index (χ0) is 14.2. The smallest absolute Gasteiger partial charge is 0.236 e. The molecule has 1 N–H and O–H groups in total. The van der Waals surface area contributed by atoms with Crippen LogP contribution >= 0.6 is 0 Å². The van der Waals surface area contributed by atoms with Crippen LogP contribution in [0.2, 0.25) is 0 Å². The van der Waals surface area contributed by atoms with Crippen molar-refractivity contribution in [2.45, 2.75) is 64.3 Å². The fourth-order valence-corrected chi connectivity index (χ4v) is 4.35. The summed E-state index contributed by atoms with van der Waals surface area (Å²) in [6.45, 7) is 4.07. The predicted octanol–water partition coefficient (Wildman–Crippen LogP) is 2.08. The molecule has 3 fully saturated rings. The van der Waals surface area contributed by atoms with Gasteiger partial charge in [0.15, 0.2) is 0 Å². The molecule has 1 saturated carbocycles. The Hall–Kier alpha value is -0.900. The zero-order valence-electron chi connectivity index (χ0n) is 12.5. The van der Waals surface area contributed by atoms with Gasteiger partial charge in [-0.05, 0) is 51.6 Å². The molecule has 4 nitrogen and oxygen atoms in total. The van der Waals surface area contributed by atoms with E-state index in [0.717, 1.165) is 51.6 Å². The van der Waals surface area contributed by atoms with Crippen molar-refractivity contribution in [2.75, 3.05) is 13.1 Å². The molecule has 2 aliphatic heterocycles. The van der Waals surface area contributed by atoms with Crippen molar-refractivity contribution < 1.29 is 9.59 Å². The SMILES string of the molecule is CC(C1CCCNC1)N1C(=O)CC2(CCCCC2)C1=O. The first-order valence-corrected chi connectivity index (χ1v) is 8.21. The summed E-state index contributed by atoms with van der Waals surface area (Å²) in [6.07, 6.45) is 8.00. The number of nitrogens with one attached hydrogen (secondary N) is 1. The molecule has 112 valence electrons. The van der Waals surface area contributed by atoms with Crippen LogP contribution in [0.4, 0.5) is 0 Å². The molecule has 1 spiro atoms. The quantitative estimate of drug-likeness (QED) is 0.787. The number of carbonyl (C=O) groups excluding carboxylic acids is 2. The lowest BCUT2D eigenvalue weighted by atomic mass is 9.73. The highest BCUT2D eigenvalue weighted by Crippen LogP contribution is 2.46. The maximum atomic E-state index is 12.9. The van der Waals surface area contributed by atoms with E-state index in [0.29, 0.717) is 12.3 Å². The minimum Gasteiger partial charge on any atom is -0.316 e. The second-order valence-corrected chi connectivity index (χ2v) is 6.93. The third-order valence-corrected chi connectivity index (χ3v) is 5.67. The molecule has 3 rings (SSSR count). The van der Waals surface area contributed by atoms with E-state index < -0.39 is 0 Å². The van der Waals surface area contributed by atoms with Crippen LogP contribution in [0.25, 0.3) is 0 Å². The van der Waals surface area contributed by atoms with Crippen molar-refractivity contribution >= 4 is 11.8 Å². The molecule has 2 unspecified atom stereocenters. The van der Waals surface area contributed by atoms with Crippen LogP contribution in [0.1, 0.15) is 58.3 Å². The van der Waals surface area contributed by atoms with E-state index in [1.54, 1.807) is 4.90 Å². The Balaban J connectivity index is 1.75. The molecule has 3 aliphatic rings. The van der Waals surface area contributed by atoms with Crippen LogP contribution in [0.15, 0.2) is 0 Å². The standard InChI is InChI=1S/C16H26N2O2/c1-12(13-6-5-9-17-11-13)18-14(19)10-16(15(18)20)7-3-2-4-8-16/h12-13,17H,2-11H2,1H3. The van der Waals surface area contributed by atoms with Crippen molar-refractivity contribution in [2.24, 2.45) is 11.3 Å². The Morgan fingerprint density at radius 2 is 1.95 bits per heavy atom. The molecule has 2 heterocycles. The van der Waals surface area contributed by atoms with E-state index in [1.807, 2.05) is 0 Å². The van der Waals surface area contributed by atoms with Gasteiger partial charge in [-0.1, -0.05) is 19.3 Å². The molecule has 2 saturated heterocycles. The highest BCUT2D eigenvalue weighted by Gasteiger charge is 2.53. The summed E-state index contributed by atoms with van der Waals surface area (Å²) < 4.78 is 0. The summed E-state index contributed by atoms with van der Waals surface area (Å²) in [6, 6.07) is 0.0594. The number of nitrogens with zero attached hydrogens (tertiary/aromatic N) is 1. The van der Waals surface area contributed by atoms with Crippen LogP contribution < -0.4 is 5.32 Å². The number of carbonyl (C=O) groups is 2. The summed E-state index contributed by atoms with van der Waals surface area (Å²) in [5, 5.41) is 3.39. The number of hydrogen-bond acceptors (Lipinski definition) is 3. The molecule has 0 aromatic heterocycles. The number of rotatable bonds is 2. The number of imide groups is 1. The highest BCUT2D eigenvalue weighted by atomic mass is 16.2. The number of hydrogen-bond donors (Lipinski definition) is 1. The van der Waals surface area contributed by atoms with Gasteiger partial charge in [-0.3, -0.25) is 14.5 Å². The predicted molar refractivity (Wildman–Crippen MR) is 77.0 cm³/mol. The third kappa shape index (κ3) is 2.28. The van der Waals surface area contributed by atoms with E-state index in [9.17, 15) is 9.59 Å². The summed E-state index contributed by atoms with van der Waals surface area (Å²) in [5.74, 6) is 0.644. The zero-order valence-corrected chi connectivity index (χ0v) is 12.5. The first kappa shape index (κ1) is 14.1. The molecule has 2 amide bonds. The van der Waals surface area contributed by atoms with E-state index in [1.165, 1.54) is 6.42 Å². The fourth-order valence-electron chi connectivity index (χ4n) is 4.35. The van der Waals surface area contributed by atoms with Crippen LogP contribution in [0, 0.1) is 11.3 Å². The van der Waals surface area contributed by atoms with E-state index in [2.05, 4.69) is 12.2 Å². The summed E-state index contributed by atoms with van der Waals surface area (Å²) >= 11 is 0. The van der Waals surface area contributed by atoms with Gasteiger partial charge in [0.25, 0.3) is 0 Å². The molecule has 0 radical (unpaired) electrons. The van der Waals surface area contributed by atoms with Crippen LogP contribution in [0.3, 0.4) is 0 Å². The fraction of sp³-hybridized carbons (Fsp3) is 0.875. The Morgan fingerprint density at radius 3 is 2.60 bits per heavy atom. The maximum absolute atomic E-state index is 12.9. The van der Waals surface area contributed by atoms with Gasteiger partial charge >= 0.3 is 0 Å². The lowest BCUT2D eigenvalue weighted by molar-refractivity contribution is -0.145. The normalized spacial score (nSPS) is 31.9. The van der Waals surface area contributed by atoms with Gasteiger partial charge in [0.2, 0.25) is 11.8 Å². The van der Waals surface area contributed by atoms with Gasteiger partial charge in [0, 0.05) is 12.5 Å². The van der Waals surface area contributed by atoms with Crippen LogP contribution in [-0.4, -0.2) is 35.8 Å². The second-order valence-electron chi connectivity index (χ2n) is 6.93. The first-order valence-electron chi connectivity index (χ1n) is 8.21. The molecule has 20 heavy (non-hydrogen) atoms. The minimum absolute atomic E-state index is 0.0594.